The van der Waals surface area contributed by atoms with E-state index in [1.165, 1.54) is 6.20 Å². The Bertz CT molecular complexity index is 426. The van der Waals surface area contributed by atoms with E-state index in [4.69, 9.17) is 10.5 Å². The van der Waals surface area contributed by atoms with Crippen molar-refractivity contribution >= 4 is 0 Å². The third-order valence-electron chi connectivity index (χ3n) is 4.14. The molecule has 1 aliphatic heterocycles. The van der Waals surface area contributed by atoms with Crippen LogP contribution in [-0.4, -0.2) is 24.2 Å². The summed E-state index contributed by atoms with van der Waals surface area (Å²) in [5, 5.41) is 0. The van der Waals surface area contributed by atoms with Gasteiger partial charge in [0, 0.05) is 30.9 Å². The van der Waals surface area contributed by atoms with Crippen LogP contribution >= 0.6 is 0 Å². The molecule has 18 heavy (non-hydrogen) atoms. The third-order valence-corrected chi connectivity index (χ3v) is 4.14. The van der Waals surface area contributed by atoms with Gasteiger partial charge in [0.1, 0.15) is 5.82 Å². The van der Waals surface area contributed by atoms with Crippen LogP contribution in [0, 0.1) is 5.82 Å². The highest BCUT2D eigenvalue weighted by Crippen LogP contribution is 2.40. The molecule has 1 aromatic rings. The maximum atomic E-state index is 13.4. The standard InChI is InChI=1S/C14H19FN2O/c15-11-7-13(9-1-3-18-4-2-9)14(17-8-11)10-5-12(16)6-10/h7-10,12H,1-6,16H2. The van der Waals surface area contributed by atoms with E-state index in [2.05, 4.69) is 4.98 Å². The largest absolute Gasteiger partial charge is 0.381 e. The molecule has 3 rings (SSSR count). The molecule has 2 N–H and O–H groups in total. The summed E-state index contributed by atoms with van der Waals surface area (Å²) in [6.45, 7) is 1.54. The van der Waals surface area contributed by atoms with Crippen molar-refractivity contribution in [3.8, 4) is 0 Å². The lowest BCUT2D eigenvalue weighted by atomic mass is 9.75. The Hall–Kier alpha value is -1.00. The summed E-state index contributed by atoms with van der Waals surface area (Å²) in [6.07, 6.45) is 5.24. The van der Waals surface area contributed by atoms with Gasteiger partial charge in [-0.05, 0) is 43.2 Å². The van der Waals surface area contributed by atoms with Crippen molar-refractivity contribution in [2.75, 3.05) is 13.2 Å². The van der Waals surface area contributed by atoms with Crippen LogP contribution in [0.1, 0.15) is 48.8 Å². The average Bonchev–Trinajstić information content (AvgIpc) is 2.36. The molecule has 4 heteroatoms. The number of hydrogen-bond donors (Lipinski definition) is 1. The van der Waals surface area contributed by atoms with E-state index in [1.54, 1.807) is 6.07 Å². The van der Waals surface area contributed by atoms with Crippen LogP contribution < -0.4 is 5.73 Å². The summed E-state index contributed by atoms with van der Waals surface area (Å²) in [5.41, 5.74) is 8.01. The quantitative estimate of drug-likeness (QED) is 0.876. The summed E-state index contributed by atoms with van der Waals surface area (Å²) in [4.78, 5) is 4.34. The van der Waals surface area contributed by atoms with Crippen molar-refractivity contribution in [2.45, 2.75) is 43.6 Å². The van der Waals surface area contributed by atoms with E-state index in [0.29, 0.717) is 17.9 Å². The second-order valence-electron chi connectivity index (χ2n) is 5.44. The number of ether oxygens (including phenoxy) is 1. The molecule has 0 radical (unpaired) electrons. The molecule has 1 aliphatic carbocycles. The summed E-state index contributed by atoms with van der Waals surface area (Å²) in [6, 6.07) is 1.96. The highest BCUT2D eigenvalue weighted by molar-refractivity contribution is 5.30. The first-order valence-corrected chi connectivity index (χ1v) is 6.72. The van der Waals surface area contributed by atoms with Gasteiger partial charge < -0.3 is 10.5 Å². The van der Waals surface area contributed by atoms with E-state index >= 15 is 0 Å². The van der Waals surface area contributed by atoms with Gasteiger partial charge in [-0.1, -0.05) is 0 Å². The highest BCUT2D eigenvalue weighted by Gasteiger charge is 2.32. The molecule has 98 valence electrons. The normalized spacial score (nSPS) is 29.0. The van der Waals surface area contributed by atoms with Crippen molar-refractivity contribution in [1.29, 1.82) is 0 Å². The SMILES string of the molecule is NC1CC(c2ncc(F)cc2C2CCOCC2)C1. The van der Waals surface area contributed by atoms with Gasteiger partial charge >= 0.3 is 0 Å². The van der Waals surface area contributed by atoms with Crippen molar-refractivity contribution in [3.05, 3.63) is 29.3 Å². The first-order valence-electron chi connectivity index (χ1n) is 6.72. The Balaban J connectivity index is 1.87. The Labute approximate surface area is 107 Å². The van der Waals surface area contributed by atoms with Crippen molar-refractivity contribution in [1.82, 2.24) is 4.98 Å². The van der Waals surface area contributed by atoms with Gasteiger partial charge in [-0.3, -0.25) is 4.98 Å². The molecule has 0 bridgehead atoms. The summed E-state index contributed by atoms with van der Waals surface area (Å²) in [5.74, 6) is 0.594. The van der Waals surface area contributed by atoms with Gasteiger partial charge in [0.2, 0.25) is 0 Å². The molecule has 1 saturated heterocycles. The lowest BCUT2D eigenvalue weighted by molar-refractivity contribution is 0.0847. The number of nitrogens with two attached hydrogens (primary N) is 1. The minimum Gasteiger partial charge on any atom is -0.381 e. The minimum atomic E-state index is -0.233. The second kappa shape index (κ2) is 4.94. The molecule has 0 spiro atoms. The molecule has 1 saturated carbocycles. The maximum absolute atomic E-state index is 13.4. The average molecular weight is 250 g/mol. The van der Waals surface area contributed by atoms with Crippen LogP contribution in [0.25, 0.3) is 0 Å². The lowest BCUT2D eigenvalue weighted by Crippen LogP contribution is -2.36. The van der Waals surface area contributed by atoms with Crippen LogP contribution in [0.3, 0.4) is 0 Å². The van der Waals surface area contributed by atoms with E-state index in [-0.39, 0.29) is 5.82 Å². The van der Waals surface area contributed by atoms with E-state index in [0.717, 1.165) is 50.2 Å². The third kappa shape index (κ3) is 2.27. The number of pyridine rings is 1. The number of nitrogens with zero attached hydrogens (tertiary/aromatic N) is 1. The van der Waals surface area contributed by atoms with E-state index in [1.807, 2.05) is 0 Å². The molecule has 3 nitrogen and oxygen atoms in total. The molecular formula is C14H19FN2O. The zero-order chi connectivity index (χ0) is 12.5. The number of aromatic nitrogens is 1. The van der Waals surface area contributed by atoms with Crippen LogP contribution in [0.15, 0.2) is 12.3 Å². The molecule has 0 amide bonds. The number of rotatable bonds is 2. The molecule has 2 aliphatic rings. The van der Waals surface area contributed by atoms with Crippen LogP contribution in [0.4, 0.5) is 4.39 Å². The van der Waals surface area contributed by atoms with Crippen LogP contribution in [0.5, 0.6) is 0 Å². The molecule has 0 atom stereocenters. The topological polar surface area (TPSA) is 48.1 Å². The predicted octanol–water partition coefficient (Wildman–Crippen LogP) is 2.32. The van der Waals surface area contributed by atoms with Crippen LogP contribution in [-0.2, 0) is 4.74 Å². The number of halogens is 1. The van der Waals surface area contributed by atoms with Gasteiger partial charge in [0.15, 0.2) is 0 Å². The molecular weight excluding hydrogens is 231 g/mol. The van der Waals surface area contributed by atoms with Gasteiger partial charge in [-0.2, -0.15) is 0 Å². The predicted molar refractivity (Wildman–Crippen MR) is 66.9 cm³/mol. The van der Waals surface area contributed by atoms with Gasteiger partial charge in [-0.25, -0.2) is 4.39 Å². The molecule has 2 fully saturated rings. The first-order chi connectivity index (χ1) is 8.74. The van der Waals surface area contributed by atoms with Gasteiger partial charge in [0.25, 0.3) is 0 Å². The lowest BCUT2D eigenvalue weighted by Gasteiger charge is -2.35. The zero-order valence-corrected chi connectivity index (χ0v) is 10.4. The minimum absolute atomic E-state index is 0.233. The fourth-order valence-electron chi connectivity index (χ4n) is 3.03. The van der Waals surface area contributed by atoms with E-state index < -0.39 is 0 Å². The van der Waals surface area contributed by atoms with Crippen molar-refractivity contribution in [3.63, 3.8) is 0 Å². The summed E-state index contributed by atoms with van der Waals surface area (Å²) in [7, 11) is 0. The fraction of sp³-hybridized carbons (Fsp3) is 0.643. The maximum Gasteiger partial charge on any atom is 0.141 e. The van der Waals surface area contributed by atoms with Gasteiger partial charge in [-0.15, -0.1) is 0 Å². The Kier molecular flexibility index (Phi) is 3.31. The smallest absolute Gasteiger partial charge is 0.141 e. The Morgan fingerprint density at radius 2 is 1.94 bits per heavy atom. The number of hydrogen-bond acceptors (Lipinski definition) is 3. The monoisotopic (exact) mass is 250 g/mol. The molecule has 0 unspecified atom stereocenters. The van der Waals surface area contributed by atoms with E-state index in [9.17, 15) is 4.39 Å². The summed E-state index contributed by atoms with van der Waals surface area (Å²) >= 11 is 0. The van der Waals surface area contributed by atoms with Crippen molar-refractivity contribution < 1.29 is 9.13 Å². The fourth-order valence-corrected chi connectivity index (χ4v) is 3.03. The first kappa shape index (κ1) is 12.1. The zero-order valence-electron chi connectivity index (χ0n) is 10.4. The highest BCUT2D eigenvalue weighted by atomic mass is 19.1. The Morgan fingerprint density at radius 3 is 2.61 bits per heavy atom. The second-order valence-corrected chi connectivity index (χ2v) is 5.44. The molecule has 2 heterocycles. The molecule has 1 aromatic heterocycles. The van der Waals surface area contributed by atoms with Gasteiger partial charge in [0.05, 0.1) is 6.20 Å². The molecule has 0 aromatic carbocycles. The van der Waals surface area contributed by atoms with Crippen molar-refractivity contribution in [2.24, 2.45) is 5.73 Å². The summed E-state index contributed by atoms with van der Waals surface area (Å²) < 4.78 is 18.8. The van der Waals surface area contributed by atoms with Crippen LogP contribution in [0.2, 0.25) is 0 Å². The Morgan fingerprint density at radius 1 is 1.22 bits per heavy atom.